The molecule has 2 aromatic carbocycles. The van der Waals surface area contributed by atoms with Gasteiger partial charge in [0.1, 0.15) is 6.04 Å². The molecule has 224 valence electrons. The molecule has 0 radical (unpaired) electrons. The molecule has 0 saturated carbocycles. The zero-order valence-corrected chi connectivity index (χ0v) is 25.6. The van der Waals surface area contributed by atoms with Gasteiger partial charge >= 0.3 is 0 Å². The lowest BCUT2D eigenvalue weighted by atomic mass is 9.99. The highest BCUT2D eigenvalue weighted by Gasteiger charge is 2.34. The number of amides is 2. The average molecular weight is 583 g/mol. The summed E-state index contributed by atoms with van der Waals surface area (Å²) in [6.45, 7) is 11.2. The van der Waals surface area contributed by atoms with Crippen LogP contribution in [-0.2, 0) is 16.0 Å². The molecular weight excluding hydrogens is 536 g/mol. The third-order valence-corrected chi connectivity index (χ3v) is 8.46. The van der Waals surface area contributed by atoms with Crippen molar-refractivity contribution in [1.29, 1.82) is 0 Å². The monoisotopic (exact) mass is 582 g/mol. The molecule has 2 saturated heterocycles. The second-order valence-corrected chi connectivity index (χ2v) is 12.4. The van der Waals surface area contributed by atoms with Gasteiger partial charge in [-0.1, -0.05) is 67.9 Å². The lowest BCUT2D eigenvalue weighted by Gasteiger charge is -2.47. The molecule has 3 N–H and O–H groups in total. The van der Waals surface area contributed by atoms with E-state index in [1.165, 1.54) is 0 Å². The van der Waals surface area contributed by atoms with Crippen molar-refractivity contribution in [1.82, 2.24) is 25.1 Å². The Morgan fingerprint density at radius 2 is 1.61 bits per heavy atom. The van der Waals surface area contributed by atoms with Gasteiger partial charge < -0.3 is 20.9 Å². The molecule has 0 bridgehead atoms. The number of nitrogens with one attached hydrogen (secondary N) is 1. The Bertz CT molecular complexity index is 1100. The summed E-state index contributed by atoms with van der Waals surface area (Å²) in [5.74, 6) is 0.312. The normalized spacial score (nSPS) is 19.0. The molecule has 2 amide bonds. The number of nitrogens with zero attached hydrogens (tertiary/aromatic N) is 4. The molecule has 0 aliphatic carbocycles. The van der Waals surface area contributed by atoms with E-state index in [4.69, 9.17) is 17.3 Å². The second-order valence-electron chi connectivity index (χ2n) is 12.0. The molecule has 0 spiro atoms. The number of nitrogens with two attached hydrogens (primary N) is 1. The quantitative estimate of drug-likeness (QED) is 0.421. The molecule has 2 fully saturated rings. The largest absolute Gasteiger partial charge is 0.344 e. The number of benzene rings is 2. The van der Waals surface area contributed by atoms with Crippen molar-refractivity contribution >= 4 is 23.4 Å². The van der Waals surface area contributed by atoms with Crippen LogP contribution in [0.5, 0.6) is 0 Å². The highest BCUT2D eigenvalue weighted by Crippen LogP contribution is 2.23. The first-order valence-electron chi connectivity index (χ1n) is 15.0. The van der Waals surface area contributed by atoms with Crippen LogP contribution in [-0.4, -0.2) is 96.6 Å². The number of likely N-dealkylation sites (N-methyl/N-ethyl adjacent to an activating group) is 1. The van der Waals surface area contributed by atoms with E-state index in [-0.39, 0.29) is 18.2 Å². The maximum Gasteiger partial charge on any atom is 0.245 e. The van der Waals surface area contributed by atoms with Crippen LogP contribution in [0.2, 0.25) is 5.02 Å². The lowest BCUT2D eigenvalue weighted by Crippen LogP contribution is -2.60. The van der Waals surface area contributed by atoms with Crippen molar-refractivity contribution < 1.29 is 9.59 Å². The fourth-order valence-electron chi connectivity index (χ4n) is 5.85. The molecule has 2 aliphatic heterocycles. The first kappa shape index (κ1) is 31.4. The summed E-state index contributed by atoms with van der Waals surface area (Å²) in [5, 5.41) is 8.78. The van der Waals surface area contributed by atoms with E-state index < -0.39 is 12.1 Å². The minimum Gasteiger partial charge on any atom is -0.344 e. The van der Waals surface area contributed by atoms with E-state index in [1.807, 2.05) is 59.5 Å². The number of halogens is 1. The third kappa shape index (κ3) is 9.25. The van der Waals surface area contributed by atoms with Crippen molar-refractivity contribution in [3.05, 3.63) is 70.7 Å². The van der Waals surface area contributed by atoms with Gasteiger partial charge in [-0.3, -0.25) is 9.59 Å². The van der Waals surface area contributed by atoms with Gasteiger partial charge in [0, 0.05) is 75.8 Å². The van der Waals surface area contributed by atoms with E-state index in [0.717, 1.165) is 56.7 Å². The SMILES string of the molecule is CC(C)CN(C1CCN(C(=O)[C@@H](Cc2ccc(Cl)cc2)NC(=O)C[C@H](N)c2ccccc2)CC1)N1CCN(C)CC1. The zero-order chi connectivity index (χ0) is 29.4. The fourth-order valence-corrected chi connectivity index (χ4v) is 5.98. The van der Waals surface area contributed by atoms with Gasteiger partial charge in [-0.05, 0) is 49.1 Å². The van der Waals surface area contributed by atoms with Crippen LogP contribution < -0.4 is 11.1 Å². The summed E-state index contributed by atoms with van der Waals surface area (Å²) < 4.78 is 0. The number of likely N-dealkylation sites (tertiary alicyclic amines) is 1. The highest BCUT2D eigenvalue weighted by atomic mass is 35.5. The number of rotatable bonds is 11. The van der Waals surface area contributed by atoms with E-state index >= 15 is 0 Å². The van der Waals surface area contributed by atoms with Gasteiger partial charge in [0.05, 0.1) is 0 Å². The maximum atomic E-state index is 13.9. The second kappa shape index (κ2) is 15.1. The van der Waals surface area contributed by atoms with E-state index in [1.54, 1.807) is 0 Å². The predicted molar refractivity (Wildman–Crippen MR) is 165 cm³/mol. The number of piperidine rings is 1. The molecule has 2 atom stereocenters. The summed E-state index contributed by atoms with van der Waals surface area (Å²) >= 11 is 6.10. The molecule has 2 aliphatic rings. The lowest BCUT2D eigenvalue weighted by molar-refractivity contribution is -0.140. The highest BCUT2D eigenvalue weighted by molar-refractivity contribution is 6.30. The van der Waals surface area contributed by atoms with Crippen LogP contribution in [0.15, 0.2) is 54.6 Å². The number of hydrogen-bond acceptors (Lipinski definition) is 6. The Labute approximate surface area is 250 Å². The first-order valence-corrected chi connectivity index (χ1v) is 15.4. The van der Waals surface area contributed by atoms with Gasteiger partial charge in [-0.2, -0.15) is 0 Å². The Hall–Kier alpha value is -2.49. The minimum atomic E-state index is -0.660. The molecule has 0 unspecified atom stereocenters. The Kier molecular flexibility index (Phi) is 11.6. The van der Waals surface area contributed by atoms with Crippen LogP contribution >= 0.6 is 11.6 Å². The number of hydrogen-bond donors (Lipinski definition) is 2. The Morgan fingerprint density at radius 1 is 0.976 bits per heavy atom. The first-order chi connectivity index (χ1) is 19.7. The molecule has 8 nitrogen and oxygen atoms in total. The molecule has 4 rings (SSSR count). The van der Waals surface area contributed by atoms with Crippen LogP contribution in [0, 0.1) is 5.92 Å². The average Bonchev–Trinajstić information content (AvgIpc) is 2.97. The van der Waals surface area contributed by atoms with Crippen molar-refractivity contribution in [3.8, 4) is 0 Å². The molecular formula is C32H47ClN6O2. The van der Waals surface area contributed by atoms with Crippen molar-refractivity contribution in [3.63, 3.8) is 0 Å². The van der Waals surface area contributed by atoms with E-state index in [0.29, 0.717) is 36.5 Å². The zero-order valence-electron chi connectivity index (χ0n) is 24.8. The van der Waals surface area contributed by atoms with Crippen LogP contribution in [0.4, 0.5) is 0 Å². The Morgan fingerprint density at radius 3 is 2.22 bits per heavy atom. The predicted octanol–water partition coefficient (Wildman–Crippen LogP) is 3.57. The van der Waals surface area contributed by atoms with Crippen LogP contribution in [0.1, 0.15) is 50.3 Å². The fraction of sp³-hybridized carbons (Fsp3) is 0.562. The summed E-state index contributed by atoms with van der Waals surface area (Å²) in [7, 11) is 2.18. The standard InChI is InChI=1S/C32H47ClN6O2/c1-24(2)23-39(38-19-17-36(3)18-20-38)28-13-15-37(16-14-28)32(41)30(21-25-9-11-27(33)12-10-25)35-31(40)22-29(34)26-7-5-4-6-8-26/h4-12,24,28-30H,13-23,34H2,1-3H3,(H,35,40)/t29-,30+/m0/s1. The molecule has 2 aromatic rings. The van der Waals surface area contributed by atoms with Gasteiger partial charge in [-0.15, -0.1) is 0 Å². The van der Waals surface area contributed by atoms with Gasteiger partial charge in [-0.25, -0.2) is 10.0 Å². The third-order valence-electron chi connectivity index (χ3n) is 8.21. The van der Waals surface area contributed by atoms with Gasteiger partial charge in [0.15, 0.2) is 0 Å². The van der Waals surface area contributed by atoms with E-state index in [9.17, 15) is 9.59 Å². The molecule has 0 aromatic heterocycles. The van der Waals surface area contributed by atoms with E-state index in [2.05, 4.69) is 41.1 Å². The van der Waals surface area contributed by atoms with Crippen molar-refractivity contribution in [2.24, 2.45) is 11.7 Å². The molecule has 41 heavy (non-hydrogen) atoms. The summed E-state index contributed by atoms with van der Waals surface area (Å²) in [4.78, 5) is 31.3. The van der Waals surface area contributed by atoms with Crippen LogP contribution in [0.3, 0.4) is 0 Å². The van der Waals surface area contributed by atoms with Crippen molar-refractivity contribution in [2.45, 2.75) is 57.7 Å². The van der Waals surface area contributed by atoms with Crippen LogP contribution in [0.25, 0.3) is 0 Å². The number of carbonyl (C=O) groups excluding carboxylic acids is 2. The van der Waals surface area contributed by atoms with Crippen molar-refractivity contribution in [2.75, 3.05) is 52.9 Å². The van der Waals surface area contributed by atoms with Gasteiger partial charge in [0.2, 0.25) is 11.8 Å². The number of hydrazine groups is 1. The Balaban J connectivity index is 1.41. The smallest absolute Gasteiger partial charge is 0.245 e. The maximum absolute atomic E-state index is 13.9. The van der Waals surface area contributed by atoms with Gasteiger partial charge in [0.25, 0.3) is 0 Å². The minimum absolute atomic E-state index is 0.0324. The number of carbonyl (C=O) groups is 2. The number of piperazine rings is 1. The molecule has 9 heteroatoms. The molecule has 2 heterocycles. The topological polar surface area (TPSA) is 85.1 Å². The summed E-state index contributed by atoms with van der Waals surface area (Å²) in [6, 6.07) is 16.4. The summed E-state index contributed by atoms with van der Waals surface area (Å²) in [5.41, 5.74) is 8.18. The summed E-state index contributed by atoms with van der Waals surface area (Å²) in [6.07, 6.45) is 2.37.